The van der Waals surface area contributed by atoms with E-state index >= 15 is 0 Å². The molecule has 11 heavy (non-hydrogen) atoms. The molecule has 0 atom stereocenters. The van der Waals surface area contributed by atoms with E-state index in [2.05, 4.69) is 47.5 Å². The average Bonchev–Trinajstić information content (AvgIpc) is 2.03. The number of hydrogen-bond acceptors (Lipinski definition) is 1. The van der Waals surface area contributed by atoms with Crippen LogP contribution >= 0.6 is 0 Å². The molecule has 62 valence electrons. The van der Waals surface area contributed by atoms with Crippen LogP contribution in [0.3, 0.4) is 0 Å². The number of halogens is 1. The van der Waals surface area contributed by atoms with Crippen LogP contribution in [0.25, 0.3) is 0 Å². The first-order chi connectivity index (χ1) is 5.29. The summed E-state index contributed by atoms with van der Waals surface area (Å²) in [6, 6.07) is 10.7. The van der Waals surface area contributed by atoms with Gasteiger partial charge in [0.15, 0.2) is 0 Å². The van der Waals surface area contributed by atoms with Crippen molar-refractivity contribution in [2.75, 3.05) is 14.1 Å². The van der Waals surface area contributed by atoms with Gasteiger partial charge in [0.1, 0.15) is 0 Å². The van der Waals surface area contributed by atoms with Crippen LogP contribution in [0.15, 0.2) is 30.3 Å². The summed E-state index contributed by atoms with van der Waals surface area (Å²) in [5.41, 5.74) is 1.47. The van der Waals surface area contributed by atoms with Gasteiger partial charge >= 0.3 is 79.0 Å². The normalized spacial score (nSPS) is 10.8. The molecule has 1 aromatic carbocycles. The molecular formula is C9H13IN-. The second-order valence-electron chi connectivity index (χ2n) is 2.52. The molecule has 0 saturated heterocycles. The van der Waals surface area contributed by atoms with E-state index in [1.165, 1.54) is 9.99 Å². The maximum atomic E-state index is 2.31. The van der Waals surface area contributed by atoms with Crippen molar-refractivity contribution >= 4 is 0 Å². The van der Waals surface area contributed by atoms with Gasteiger partial charge in [-0.15, -0.1) is 0 Å². The number of alkyl halides is 1. The molecule has 0 N–H and O–H groups in total. The van der Waals surface area contributed by atoms with Gasteiger partial charge in [-0.2, -0.15) is 0 Å². The minimum absolute atomic E-state index is 0.220. The van der Waals surface area contributed by atoms with Crippen molar-refractivity contribution in [1.29, 1.82) is 0 Å². The molecule has 1 nitrogen and oxygen atoms in total. The third kappa shape index (κ3) is 3.72. The van der Waals surface area contributed by atoms with Gasteiger partial charge in [-0.05, 0) is 0 Å². The van der Waals surface area contributed by atoms with Crippen LogP contribution in [-0.4, -0.2) is 17.2 Å². The molecule has 0 aliphatic carbocycles. The standard InChI is InChI=1S/C9H13IN/c1-11(2)10-8-9-6-4-3-5-7-9/h3-7H,8H2,1-2H3/q-1. The Balaban J connectivity index is 2.39. The molecule has 0 spiro atoms. The minimum atomic E-state index is 0.220. The molecule has 0 bridgehead atoms. The van der Waals surface area contributed by atoms with Crippen molar-refractivity contribution in [3.63, 3.8) is 0 Å². The van der Waals surface area contributed by atoms with E-state index in [9.17, 15) is 0 Å². The summed E-state index contributed by atoms with van der Waals surface area (Å²) in [7, 11) is 4.30. The van der Waals surface area contributed by atoms with Gasteiger partial charge in [0, 0.05) is 0 Å². The summed E-state index contributed by atoms with van der Waals surface area (Å²) in [5.74, 6) is 0. The summed E-state index contributed by atoms with van der Waals surface area (Å²) in [4.78, 5) is 0. The fraction of sp³-hybridized carbons (Fsp3) is 0.333. The second-order valence-corrected chi connectivity index (χ2v) is 5.90. The third-order valence-electron chi connectivity index (χ3n) is 1.30. The summed E-state index contributed by atoms with van der Waals surface area (Å²) in [6.45, 7) is 0. The molecular weight excluding hydrogens is 249 g/mol. The molecule has 0 heterocycles. The van der Waals surface area contributed by atoms with Crippen LogP contribution in [0.2, 0.25) is 0 Å². The van der Waals surface area contributed by atoms with E-state index in [0.717, 1.165) is 0 Å². The zero-order chi connectivity index (χ0) is 8.10. The zero-order valence-electron chi connectivity index (χ0n) is 6.92. The molecule has 0 aromatic heterocycles. The zero-order valence-corrected chi connectivity index (χ0v) is 9.08. The predicted octanol–water partition coefficient (Wildman–Crippen LogP) is -1.25. The number of hydrogen-bond donors (Lipinski definition) is 0. The van der Waals surface area contributed by atoms with Crippen molar-refractivity contribution in [3.8, 4) is 0 Å². The molecule has 0 radical (unpaired) electrons. The van der Waals surface area contributed by atoms with Crippen molar-refractivity contribution in [2.45, 2.75) is 4.43 Å². The van der Waals surface area contributed by atoms with Crippen LogP contribution in [0.5, 0.6) is 0 Å². The fourth-order valence-corrected chi connectivity index (χ4v) is 2.34. The van der Waals surface area contributed by atoms with E-state index < -0.39 is 0 Å². The topological polar surface area (TPSA) is 3.24 Å². The van der Waals surface area contributed by atoms with Gasteiger partial charge in [0.2, 0.25) is 0 Å². The fourth-order valence-electron chi connectivity index (χ4n) is 0.756. The Hall–Kier alpha value is -0.0900. The number of nitrogens with zero attached hydrogens (tertiary/aromatic N) is 1. The summed E-state index contributed by atoms with van der Waals surface area (Å²) in [5, 5.41) is 0. The molecule has 0 aliphatic rings. The Morgan fingerprint density at radius 2 is 1.82 bits per heavy atom. The van der Waals surface area contributed by atoms with E-state index in [0.29, 0.717) is 0 Å². The van der Waals surface area contributed by atoms with Crippen LogP contribution in [0.4, 0.5) is 0 Å². The quantitative estimate of drug-likeness (QED) is 0.374. The molecule has 0 unspecified atom stereocenters. The summed E-state index contributed by atoms with van der Waals surface area (Å²) < 4.78 is 3.57. The van der Waals surface area contributed by atoms with E-state index in [4.69, 9.17) is 0 Å². The number of rotatable bonds is 3. The van der Waals surface area contributed by atoms with Crippen LogP contribution in [0.1, 0.15) is 5.56 Å². The average molecular weight is 262 g/mol. The van der Waals surface area contributed by atoms with E-state index in [-0.39, 0.29) is 21.5 Å². The third-order valence-corrected chi connectivity index (χ3v) is 3.88. The molecule has 0 saturated carbocycles. The van der Waals surface area contributed by atoms with Gasteiger partial charge in [-0.1, -0.05) is 0 Å². The molecule has 1 aromatic rings. The van der Waals surface area contributed by atoms with Crippen molar-refractivity contribution in [1.82, 2.24) is 3.11 Å². The Morgan fingerprint density at radius 1 is 1.18 bits per heavy atom. The Kier molecular flexibility index (Phi) is 3.86. The molecule has 0 amide bonds. The van der Waals surface area contributed by atoms with Gasteiger partial charge in [-0.25, -0.2) is 0 Å². The van der Waals surface area contributed by atoms with Gasteiger partial charge in [0.25, 0.3) is 0 Å². The maximum absolute atomic E-state index is 2.31. The van der Waals surface area contributed by atoms with Crippen LogP contribution in [0, 0.1) is 0 Å². The Morgan fingerprint density at radius 3 is 2.36 bits per heavy atom. The first-order valence-electron chi connectivity index (χ1n) is 3.59. The van der Waals surface area contributed by atoms with Crippen LogP contribution in [-0.2, 0) is 4.43 Å². The molecule has 0 aliphatic heterocycles. The molecule has 1 rings (SSSR count). The van der Waals surface area contributed by atoms with Crippen molar-refractivity contribution in [2.24, 2.45) is 0 Å². The Bertz CT molecular complexity index is 196. The Labute approximate surface area is 79.0 Å². The number of benzene rings is 1. The first kappa shape index (κ1) is 9.00. The van der Waals surface area contributed by atoms with E-state index in [1.54, 1.807) is 0 Å². The summed E-state index contributed by atoms with van der Waals surface area (Å²) in [6.07, 6.45) is 0. The van der Waals surface area contributed by atoms with Gasteiger partial charge in [0.05, 0.1) is 0 Å². The van der Waals surface area contributed by atoms with Gasteiger partial charge in [-0.3, -0.25) is 0 Å². The summed E-state index contributed by atoms with van der Waals surface area (Å²) >= 11 is 0.220. The molecule has 2 heteroatoms. The van der Waals surface area contributed by atoms with Crippen molar-refractivity contribution < 1.29 is 21.5 Å². The van der Waals surface area contributed by atoms with Gasteiger partial charge < -0.3 is 0 Å². The first-order valence-corrected chi connectivity index (χ1v) is 6.09. The molecule has 0 fully saturated rings. The van der Waals surface area contributed by atoms with E-state index in [1.807, 2.05) is 0 Å². The monoisotopic (exact) mass is 262 g/mol. The van der Waals surface area contributed by atoms with Crippen LogP contribution < -0.4 is 21.5 Å². The van der Waals surface area contributed by atoms with Crippen molar-refractivity contribution in [3.05, 3.63) is 35.9 Å². The SMILES string of the molecule is CN(C)[I-]Cc1ccccc1. The predicted molar refractivity (Wildman–Crippen MR) is 43.8 cm³/mol. The second kappa shape index (κ2) is 4.72.